The van der Waals surface area contributed by atoms with Crippen LogP contribution in [0.3, 0.4) is 0 Å². The number of nitro benzene ring substituents is 1. The van der Waals surface area contributed by atoms with Gasteiger partial charge in [-0.1, -0.05) is 31.4 Å². The van der Waals surface area contributed by atoms with Crippen molar-refractivity contribution in [1.82, 2.24) is 0 Å². The molecule has 0 bridgehead atoms. The minimum Gasteiger partial charge on any atom is -0.324 e. The van der Waals surface area contributed by atoms with Gasteiger partial charge in [-0.15, -0.1) is 12.4 Å². The minimum atomic E-state index is -0.419. The second-order valence-electron chi connectivity index (χ2n) is 3.71. The van der Waals surface area contributed by atoms with Crippen LogP contribution in [-0.2, 0) is 0 Å². The second kappa shape index (κ2) is 7.48. The predicted molar refractivity (Wildman–Crippen MR) is 71.8 cm³/mol. The molecule has 0 spiro atoms. The van der Waals surface area contributed by atoms with Gasteiger partial charge >= 0.3 is 0 Å². The third-order valence-corrected chi connectivity index (χ3v) is 2.69. The fourth-order valence-electron chi connectivity index (χ4n) is 1.57. The maximum absolute atomic E-state index is 10.8. The number of benzene rings is 1. The topological polar surface area (TPSA) is 69.2 Å². The molecular formula is C11H16Cl2N2O2. The highest BCUT2D eigenvalue weighted by Crippen LogP contribution is 2.29. The summed E-state index contributed by atoms with van der Waals surface area (Å²) in [6, 6.07) is 4.18. The molecule has 1 rings (SSSR count). The zero-order chi connectivity index (χ0) is 12.1. The lowest BCUT2D eigenvalue weighted by atomic mass is 10.0. The van der Waals surface area contributed by atoms with Gasteiger partial charge in [0.2, 0.25) is 0 Å². The first-order valence-corrected chi connectivity index (χ1v) is 5.63. The third kappa shape index (κ3) is 4.50. The largest absolute Gasteiger partial charge is 0.324 e. The third-order valence-electron chi connectivity index (χ3n) is 2.45. The molecule has 2 N–H and O–H groups in total. The van der Waals surface area contributed by atoms with Gasteiger partial charge in [0, 0.05) is 22.7 Å². The molecule has 1 aromatic carbocycles. The lowest BCUT2D eigenvalue weighted by Crippen LogP contribution is -2.12. The number of nitrogens with two attached hydrogens (primary N) is 1. The molecule has 0 fully saturated rings. The van der Waals surface area contributed by atoms with Gasteiger partial charge in [0.25, 0.3) is 5.69 Å². The van der Waals surface area contributed by atoms with Gasteiger partial charge in [-0.25, -0.2) is 0 Å². The number of nitro groups is 1. The van der Waals surface area contributed by atoms with Crippen LogP contribution in [0.2, 0.25) is 5.02 Å². The Morgan fingerprint density at radius 3 is 2.71 bits per heavy atom. The number of halogens is 2. The number of nitrogens with zero attached hydrogens (tertiary/aromatic N) is 1. The Hall–Kier alpha value is -0.840. The maximum atomic E-state index is 10.8. The molecule has 0 unspecified atom stereocenters. The van der Waals surface area contributed by atoms with Gasteiger partial charge < -0.3 is 5.73 Å². The molecule has 1 atom stereocenters. The van der Waals surface area contributed by atoms with E-state index in [4.69, 9.17) is 17.3 Å². The normalized spacial score (nSPS) is 11.7. The number of hydrogen-bond donors (Lipinski definition) is 1. The highest BCUT2D eigenvalue weighted by Gasteiger charge is 2.19. The Kier molecular flexibility index (Phi) is 7.11. The van der Waals surface area contributed by atoms with E-state index >= 15 is 0 Å². The van der Waals surface area contributed by atoms with Crippen LogP contribution in [-0.4, -0.2) is 4.92 Å². The van der Waals surface area contributed by atoms with E-state index in [9.17, 15) is 10.1 Å². The molecule has 0 saturated heterocycles. The predicted octanol–water partition coefficient (Wildman–Crippen LogP) is 3.86. The standard InChI is InChI=1S/C11H15ClN2O2.ClH/c1-2-3-4-10(13)9-7-8(12)5-6-11(9)14(15)16;/h5-7,10H,2-4,13H2,1H3;1H/t10-;/m1./s1. The van der Waals surface area contributed by atoms with Crippen LogP contribution >= 0.6 is 24.0 Å². The monoisotopic (exact) mass is 278 g/mol. The molecule has 17 heavy (non-hydrogen) atoms. The first kappa shape index (κ1) is 16.2. The van der Waals surface area contributed by atoms with Crippen LogP contribution in [0.5, 0.6) is 0 Å². The van der Waals surface area contributed by atoms with Crippen molar-refractivity contribution in [2.45, 2.75) is 32.2 Å². The van der Waals surface area contributed by atoms with Gasteiger partial charge in [0.15, 0.2) is 0 Å². The van der Waals surface area contributed by atoms with E-state index in [1.165, 1.54) is 12.1 Å². The molecule has 96 valence electrons. The molecule has 0 aliphatic carbocycles. The van der Waals surface area contributed by atoms with Crippen molar-refractivity contribution in [3.05, 3.63) is 38.9 Å². The average Bonchev–Trinajstić information content (AvgIpc) is 2.25. The van der Waals surface area contributed by atoms with Crippen molar-refractivity contribution >= 4 is 29.7 Å². The van der Waals surface area contributed by atoms with Gasteiger partial charge in [-0.2, -0.15) is 0 Å². The molecule has 6 heteroatoms. The van der Waals surface area contributed by atoms with Gasteiger partial charge in [0.05, 0.1) is 4.92 Å². The fraction of sp³-hybridized carbons (Fsp3) is 0.455. The molecule has 0 aliphatic heterocycles. The minimum absolute atomic E-state index is 0. The van der Waals surface area contributed by atoms with Crippen LogP contribution in [0.4, 0.5) is 5.69 Å². The van der Waals surface area contributed by atoms with Crippen molar-refractivity contribution in [2.24, 2.45) is 5.73 Å². The summed E-state index contributed by atoms with van der Waals surface area (Å²) < 4.78 is 0. The number of hydrogen-bond acceptors (Lipinski definition) is 3. The zero-order valence-electron chi connectivity index (χ0n) is 9.56. The molecule has 0 heterocycles. The molecule has 0 aliphatic rings. The van der Waals surface area contributed by atoms with Crippen LogP contribution in [0.1, 0.15) is 37.8 Å². The molecule has 0 saturated carbocycles. The summed E-state index contributed by atoms with van der Waals surface area (Å²) in [7, 11) is 0. The molecule has 0 radical (unpaired) electrons. The van der Waals surface area contributed by atoms with Crippen molar-refractivity contribution in [1.29, 1.82) is 0 Å². The highest BCUT2D eigenvalue weighted by molar-refractivity contribution is 6.30. The SMILES string of the molecule is CCCC[C@@H](N)c1cc(Cl)ccc1[N+](=O)[O-].Cl. The lowest BCUT2D eigenvalue weighted by Gasteiger charge is -2.11. The van der Waals surface area contributed by atoms with E-state index in [1.807, 2.05) is 0 Å². The van der Waals surface area contributed by atoms with Crippen LogP contribution in [0, 0.1) is 10.1 Å². The van der Waals surface area contributed by atoms with E-state index in [0.29, 0.717) is 10.6 Å². The summed E-state index contributed by atoms with van der Waals surface area (Å²) in [5.41, 5.74) is 6.49. The van der Waals surface area contributed by atoms with E-state index in [2.05, 4.69) is 6.92 Å². The summed E-state index contributed by atoms with van der Waals surface area (Å²) in [5, 5.41) is 11.3. The van der Waals surface area contributed by atoms with Crippen LogP contribution < -0.4 is 5.73 Å². The zero-order valence-corrected chi connectivity index (χ0v) is 11.1. The van der Waals surface area contributed by atoms with E-state index < -0.39 is 4.92 Å². The highest BCUT2D eigenvalue weighted by atomic mass is 35.5. The van der Waals surface area contributed by atoms with E-state index in [1.54, 1.807) is 6.07 Å². The van der Waals surface area contributed by atoms with Crippen LogP contribution in [0.15, 0.2) is 18.2 Å². The van der Waals surface area contributed by atoms with Crippen molar-refractivity contribution in [3.8, 4) is 0 Å². The summed E-state index contributed by atoms with van der Waals surface area (Å²) >= 11 is 5.82. The Morgan fingerprint density at radius 1 is 1.53 bits per heavy atom. The molecule has 0 amide bonds. The van der Waals surface area contributed by atoms with E-state index in [0.717, 1.165) is 19.3 Å². The Labute approximate surface area is 112 Å². The Morgan fingerprint density at radius 2 is 2.18 bits per heavy atom. The summed E-state index contributed by atoms with van der Waals surface area (Å²) in [5.74, 6) is 0. The summed E-state index contributed by atoms with van der Waals surface area (Å²) in [6.07, 6.45) is 2.70. The second-order valence-corrected chi connectivity index (χ2v) is 4.15. The van der Waals surface area contributed by atoms with Gasteiger partial charge in [0.1, 0.15) is 0 Å². The van der Waals surface area contributed by atoms with Gasteiger partial charge in [-0.05, 0) is 18.6 Å². The van der Waals surface area contributed by atoms with Crippen molar-refractivity contribution in [2.75, 3.05) is 0 Å². The smallest absolute Gasteiger partial charge is 0.274 e. The fourth-order valence-corrected chi connectivity index (χ4v) is 1.75. The number of unbranched alkanes of at least 4 members (excludes halogenated alkanes) is 1. The quantitative estimate of drug-likeness (QED) is 0.657. The molecule has 0 aromatic heterocycles. The maximum Gasteiger partial charge on any atom is 0.274 e. The Balaban J connectivity index is 0.00000256. The van der Waals surface area contributed by atoms with Crippen molar-refractivity contribution in [3.63, 3.8) is 0 Å². The van der Waals surface area contributed by atoms with Crippen molar-refractivity contribution < 1.29 is 4.92 Å². The van der Waals surface area contributed by atoms with Gasteiger partial charge in [-0.3, -0.25) is 10.1 Å². The first-order chi connectivity index (χ1) is 7.56. The molecular weight excluding hydrogens is 263 g/mol. The summed E-state index contributed by atoms with van der Waals surface area (Å²) in [6.45, 7) is 2.05. The van der Waals surface area contributed by atoms with Crippen LogP contribution in [0.25, 0.3) is 0 Å². The van der Waals surface area contributed by atoms with E-state index in [-0.39, 0.29) is 24.1 Å². The first-order valence-electron chi connectivity index (χ1n) is 5.25. The molecule has 1 aromatic rings. The lowest BCUT2D eigenvalue weighted by molar-refractivity contribution is -0.385. The molecule has 4 nitrogen and oxygen atoms in total. The number of rotatable bonds is 5. The average molecular weight is 279 g/mol. The Bertz CT molecular complexity index is 386. The summed E-state index contributed by atoms with van der Waals surface area (Å²) in [4.78, 5) is 10.4.